The van der Waals surface area contributed by atoms with Crippen LogP contribution in [0.25, 0.3) is 5.57 Å². The molecule has 0 radical (unpaired) electrons. The highest BCUT2D eigenvalue weighted by atomic mass is 16.1. The minimum atomic E-state index is -0.182. The van der Waals surface area contributed by atoms with E-state index in [4.69, 9.17) is 6.42 Å². The van der Waals surface area contributed by atoms with Crippen LogP contribution in [0.3, 0.4) is 0 Å². The normalized spacial score (nSPS) is 11.2. The second-order valence-electron chi connectivity index (χ2n) is 4.99. The fourth-order valence-corrected chi connectivity index (χ4v) is 2.27. The summed E-state index contributed by atoms with van der Waals surface area (Å²) in [6.45, 7) is 1.57. The van der Waals surface area contributed by atoms with E-state index in [0.717, 1.165) is 16.7 Å². The van der Waals surface area contributed by atoms with E-state index in [-0.39, 0.29) is 11.7 Å². The largest absolute Gasteiger partial charge is 0.300 e. The van der Waals surface area contributed by atoms with E-state index in [1.54, 1.807) is 6.92 Å². The highest BCUT2D eigenvalue weighted by Gasteiger charge is 2.10. The van der Waals surface area contributed by atoms with Crippen LogP contribution >= 0.6 is 0 Å². The number of benzene rings is 2. The number of Topliss-reactive ketones (excluding diaryl/α,β-unsaturated/α-hetero) is 1. The van der Waals surface area contributed by atoms with Crippen LogP contribution in [0.4, 0.5) is 0 Å². The molecule has 0 aliphatic rings. The fourth-order valence-electron chi connectivity index (χ4n) is 2.27. The van der Waals surface area contributed by atoms with Crippen molar-refractivity contribution < 1.29 is 4.79 Å². The molecule has 0 heterocycles. The van der Waals surface area contributed by atoms with Gasteiger partial charge < -0.3 is 0 Å². The first kappa shape index (κ1) is 14.8. The summed E-state index contributed by atoms with van der Waals surface area (Å²) < 4.78 is 0. The molecule has 0 aliphatic carbocycles. The molecule has 0 saturated heterocycles. The first-order valence-electron chi connectivity index (χ1n) is 6.99. The lowest BCUT2D eigenvalue weighted by atomic mass is 9.92. The summed E-state index contributed by atoms with van der Waals surface area (Å²) in [5.41, 5.74) is 3.28. The maximum absolute atomic E-state index is 11.3. The lowest BCUT2D eigenvalue weighted by molar-refractivity contribution is -0.117. The standard InChI is InChI=1S/C20H18O/c1-3-17(14-16(2)21)15-20(18-10-6-4-7-11-18)19-12-8-5-9-13-19/h1,4-13,15,17H,14H2,2H3. The van der Waals surface area contributed by atoms with Crippen molar-refractivity contribution in [1.82, 2.24) is 0 Å². The molecule has 21 heavy (non-hydrogen) atoms. The smallest absolute Gasteiger partial charge is 0.131 e. The zero-order valence-electron chi connectivity index (χ0n) is 12.1. The number of carbonyl (C=O) groups excluding carboxylic acids is 1. The van der Waals surface area contributed by atoms with E-state index in [1.165, 1.54) is 0 Å². The van der Waals surface area contributed by atoms with Gasteiger partial charge in [-0.15, -0.1) is 6.42 Å². The quantitative estimate of drug-likeness (QED) is 0.741. The molecule has 104 valence electrons. The third-order valence-corrected chi connectivity index (χ3v) is 3.26. The van der Waals surface area contributed by atoms with Gasteiger partial charge in [-0.25, -0.2) is 0 Å². The summed E-state index contributed by atoms with van der Waals surface area (Å²) in [5.74, 6) is 2.63. The minimum absolute atomic E-state index is 0.106. The van der Waals surface area contributed by atoms with Gasteiger partial charge in [-0.3, -0.25) is 4.79 Å². The Bertz CT molecular complexity index is 618. The van der Waals surface area contributed by atoms with Crippen LogP contribution in [0.15, 0.2) is 66.7 Å². The molecule has 1 unspecified atom stereocenters. The van der Waals surface area contributed by atoms with Gasteiger partial charge in [0.15, 0.2) is 0 Å². The van der Waals surface area contributed by atoms with Crippen LogP contribution < -0.4 is 0 Å². The molecule has 1 atom stereocenters. The molecule has 0 fully saturated rings. The van der Waals surface area contributed by atoms with Gasteiger partial charge in [-0.05, 0) is 23.6 Å². The molecule has 0 spiro atoms. The average Bonchev–Trinajstić information content (AvgIpc) is 2.52. The molecule has 1 nitrogen and oxygen atoms in total. The molecule has 0 aromatic heterocycles. The van der Waals surface area contributed by atoms with Crippen molar-refractivity contribution in [2.75, 3.05) is 0 Å². The van der Waals surface area contributed by atoms with Crippen LogP contribution in [0.5, 0.6) is 0 Å². The van der Waals surface area contributed by atoms with Crippen LogP contribution in [0.1, 0.15) is 24.5 Å². The molecular formula is C20H18O. The highest BCUT2D eigenvalue weighted by Crippen LogP contribution is 2.25. The topological polar surface area (TPSA) is 17.1 Å². The van der Waals surface area contributed by atoms with Gasteiger partial charge >= 0.3 is 0 Å². The first-order chi connectivity index (χ1) is 10.2. The van der Waals surface area contributed by atoms with Crippen molar-refractivity contribution in [3.63, 3.8) is 0 Å². The molecule has 2 aromatic carbocycles. The summed E-state index contributed by atoms with van der Waals surface area (Å²) in [7, 11) is 0. The Hall–Kier alpha value is -2.59. The van der Waals surface area contributed by atoms with Gasteiger partial charge in [0.25, 0.3) is 0 Å². The summed E-state index contributed by atoms with van der Waals surface area (Å²) in [6, 6.07) is 20.2. The van der Waals surface area contributed by atoms with E-state index in [0.29, 0.717) is 6.42 Å². The summed E-state index contributed by atoms with van der Waals surface area (Å²) in [4.78, 5) is 11.3. The summed E-state index contributed by atoms with van der Waals surface area (Å²) in [6.07, 6.45) is 7.97. The number of ketones is 1. The first-order valence-corrected chi connectivity index (χ1v) is 6.99. The predicted molar refractivity (Wildman–Crippen MR) is 87.6 cm³/mol. The number of allylic oxidation sites excluding steroid dienone is 1. The SMILES string of the molecule is C#CC(C=C(c1ccccc1)c1ccccc1)CC(C)=O. The molecular weight excluding hydrogens is 256 g/mol. The van der Waals surface area contributed by atoms with Crippen molar-refractivity contribution in [2.24, 2.45) is 5.92 Å². The third-order valence-electron chi connectivity index (χ3n) is 3.26. The molecule has 0 aliphatic heterocycles. The number of hydrogen-bond donors (Lipinski definition) is 0. The zero-order valence-corrected chi connectivity index (χ0v) is 12.1. The second kappa shape index (κ2) is 7.26. The molecule has 0 N–H and O–H groups in total. The maximum atomic E-state index is 11.3. The Morgan fingerprint density at radius 1 is 1.05 bits per heavy atom. The Labute approximate surface area is 126 Å². The minimum Gasteiger partial charge on any atom is -0.300 e. The zero-order chi connectivity index (χ0) is 15.1. The third kappa shape index (κ3) is 4.19. The number of terminal acetylenes is 1. The Balaban J connectivity index is 2.46. The Morgan fingerprint density at radius 2 is 1.52 bits per heavy atom. The molecule has 2 rings (SSSR count). The van der Waals surface area contributed by atoms with Gasteiger partial charge in [-0.2, -0.15) is 0 Å². The molecule has 0 saturated carbocycles. The van der Waals surface area contributed by atoms with E-state index >= 15 is 0 Å². The van der Waals surface area contributed by atoms with Crippen molar-refractivity contribution in [3.05, 3.63) is 77.9 Å². The van der Waals surface area contributed by atoms with Crippen molar-refractivity contribution in [3.8, 4) is 12.3 Å². The maximum Gasteiger partial charge on any atom is 0.131 e. The van der Waals surface area contributed by atoms with Gasteiger partial charge in [0.2, 0.25) is 0 Å². The number of hydrogen-bond acceptors (Lipinski definition) is 1. The van der Waals surface area contributed by atoms with E-state index in [9.17, 15) is 4.79 Å². The lowest BCUT2D eigenvalue weighted by Crippen LogP contribution is -2.02. The van der Waals surface area contributed by atoms with Gasteiger partial charge in [-0.1, -0.05) is 72.7 Å². The highest BCUT2D eigenvalue weighted by molar-refractivity contribution is 5.81. The molecule has 0 amide bonds. The fraction of sp³-hybridized carbons (Fsp3) is 0.150. The van der Waals surface area contributed by atoms with Crippen LogP contribution in [0.2, 0.25) is 0 Å². The summed E-state index contributed by atoms with van der Waals surface area (Å²) >= 11 is 0. The summed E-state index contributed by atoms with van der Waals surface area (Å²) in [5, 5.41) is 0. The Kier molecular flexibility index (Phi) is 5.12. The second-order valence-corrected chi connectivity index (χ2v) is 4.99. The van der Waals surface area contributed by atoms with E-state index in [1.807, 2.05) is 42.5 Å². The van der Waals surface area contributed by atoms with Gasteiger partial charge in [0.05, 0.1) is 0 Å². The van der Waals surface area contributed by atoms with E-state index in [2.05, 4.69) is 30.2 Å². The van der Waals surface area contributed by atoms with Crippen molar-refractivity contribution in [2.45, 2.75) is 13.3 Å². The lowest BCUT2D eigenvalue weighted by Gasteiger charge is -2.11. The van der Waals surface area contributed by atoms with Crippen LogP contribution in [-0.4, -0.2) is 5.78 Å². The average molecular weight is 274 g/mol. The van der Waals surface area contributed by atoms with E-state index < -0.39 is 0 Å². The monoisotopic (exact) mass is 274 g/mol. The van der Waals surface area contributed by atoms with Crippen LogP contribution in [-0.2, 0) is 4.79 Å². The molecule has 2 aromatic rings. The van der Waals surface area contributed by atoms with Gasteiger partial charge in [0.1, 0.15) is 5.78 Å². The molecule has 1 heteroatoms. The Morgan fingerprint density at radius 3 is 1.90 bits per heavy atom. The molecule has 0 bridgehead atoms. The van der Waals surface area contributed by atoms with Crippen molar-refractivity contribution in [1.29, 1.82) is 0 Å². The predicted octanol–water partition coefficient (Wildman–Crippen LogP) is 4.35. The van der Waals surface area contributed by atoms with Crippen molar-refractivity contribution >= 4 is 11.4 Å². The number of rotatable bonds is 5. The van der Waals surface area contributed by atoms with Crippen LogP contribution in [0, 0.1) is 18.3 Å². The number of carbonyl (C=O) groups is 1. The van der Waals surface area contributed by atoms with Gasteiger partial charge in [0, 0.05) is 12.3 Å².